The number of nitrogens with one attached hydrogen (secondary N) is 3. The summed E-state index contributed by atoms with van der Waals surface area (Å²) >= 11 is 0. The molecule has 0 radical (unpaired) electrons. The fraction of sp³-hybridized carbons (Fsp3) is 0.385. The lowest BCUT2D eigenvalue weighted by Crippen LogP contribution is -2.35. The van der Waals surface area contributed by atoms with Crippen LogP contribution in [-0.4, -0.2) is 26.0 Å². The summed E-state index contributed by atoms with van der Waals surface area (Å²) in [4.78, 5) is 35.5. The molecule has 0 unspecified atom stereocenters. The minimum absolute atomic E-state index is 0. The molecule has 0 aromatic carbocycles. The van der Waals surface area contributed by atoms with E-state index in [-0.39, 0.29) is 37.4 Å². The van der Waals surface area contributed by atoms with Crippen molar-refractivity contribution in [1.29, 1.82) is 0 Å². The molecule has 1 aliphatic carbocycles. The Balaban J connectivity index is 0.00000132. The molecule has 10 heteroatoms. The molecule has 1 saturated carbocycles. The van der Waals surface area contributed by atoms with Gasteiger partial charge in [0.1, 0.15) is 12.1 Å². The molecule has 0 bridgehead atoms. The van der Waals surface area contributed by atoms with Gasteiger partial charge < -0.3 is 16.0 Å². The highest BCUT2D eigenvalue weighted by Gasteiger charge is 2.28. The monoisotopic (exact) mass is 360 g/mol. The number of hydrogen-bond acceptors (Lipinski definition) is 6. The van der Waals surface area contributed by atoms with Crippen molar-refractivity contribution in [3.8, 4) is 0 Å². The minimum Gasteiger partial charge on any atom is -0.366 e. The van der Waals surface area contributed by atoms with Crippen molar-refractivity contribution in [2.75, 3.05) is 5.32 Å². The van der Waals surface area contributed by atoms with Crippen LogP contribution in [0.5, 0.6) is 0 Å². The summed E-state index contributed by atoms with van der Waals surface area (Å²) in [5.41, 5.74) is 6.24. The van der Waals surface area contributed by atoms with Gasteiger partial charge in [-0.05, 0) is 12.8 Å². The van der Waals surface area contributed by atoms with Crippen LogP contribution in [0.2, 0.25) is 0 Å². The van der Waals surface area contributed by atoms with E-state index >= 15 is 0 Å². The SMILES string of the molecule is Cl.Cl.NC1CC(c2cc(NCc3c[nH]c(=O)[nH]c3=O)ncn2)C1. The molecule has 23 heavy (non-hydrogen) atoms. The zero-order valence-corrected chi connectivity index (χ0v) is 13.7. The topological polar surface area (TPSA) is 130 Å². The summed E-state index contributed by atoms with van der Waals surface area (Å²) in [5.74, 6) is 1.03. The lowest BCUT2D eigenvalue weighted by Gasteiger charge is -2.31. The first kappa shape index (κ1) is 19.1. The zero-order chi connectivity index (χ0) is 14.8. The van der Waals surface area contributed by atoms with E-state index in [9.17, 15) is 9.59 Å². The summed E-state index contributed by atoms with van der Waals surface area (Å²) < 4.78 is 0. The zero-order valence-electron chi connectivity index (χ0n) is 12.1. The van der Waals surface area contributed by atoms with E-state index in [0.717, 1.165) is 18.5 Å². The second-order valence-corrected chi connectivity index (χ2v) is 5.21. The highest BCUT2D eigenvalue weighted by Crippen LogP contribution is 2.34. The maximum absolute atomic E-state index is 11.6. The molecule has 2 heterocycles. The minimum atomic E-state index is -0.519. The molecule has 8 nitrogen and oxygen atoms in total. The van der Waals surface area contributed by atoms with Crippen LogP contribution >= 0.6 is 24.8 Å². The first-order valence-electron chi connectivity index (χ1n) is 6.74. The number of halogens is 2. The van der Waals surface area contributed by atoms with E-state index in [0.29, 0.717) is 17.3 Å². The van der Waals surface area contributed by atoms with Crippen LogP contribution in [0.4, 0.5) is 5.82 Å². The van der Waals surface area contributed by atoms with Gasteiger partial charge in [0.25, 0.3) is 5.56 Å². The molecule has 3 rings (SSSR count). The molecule has 126 valence electrons. The number of H-pyrrole nitrogens is 2. The third-order valence-corrected chi connectivity index (χ3v) is 3.64. The fourth-order valence-corrected chi connectivity index (χ4v) is 2.35. The van der Waals surface area contributed by atoms with Crippen LogP contribution in [0, 0.1) is 0 Å². The van der Waals surface area contributed by atoms with Crippen LogP contribution in [0.3, 0.4) is 0 Å². The maximum atomic E-state index is 11.6. The number of aromatic nitrogens is 4. The van der Waals surface area contributed by atoms with Crippen molar-refractivity contribution in [2.45, 2.75) is 31.3 Å². The van der Waals surface area contributed by atoms with Gasteiger partial charge >= 0.3 is 5.69 Å². The maximum Gasteiger partial charge on any atom is 0.325 e. The van der Waals surface area contributed by atoms with Crippen molar-refractivity contribution in [1.82, 2.24) is 19.9 Å². The van der Waals surface area contributed by atoms with Gasteiger partial charge in [-0.2, -0.15) is 0 Å². The quantitative estimate of drug-likeness (QED) is 0.628. The number of anilines is 1. The van der Waals surface area contributed by atoms with Gasteiger partial charge in [-0.1, -0.05) is 0 Å². The molecule has 2 aromatic rings. The van der Waals surface area contributed by atoms with E-state index in [1.165, 1.54) is 12.5 Å². The third-order valence-electron chi connectivity index (χ3n) is 3.64. The fourth-order valence-electron chi connectivity index (χ4n) is 2.35. The summed E-state index contributed by atoms with van der Waals surface area (Å²) in [7, 11) is 0. The normalized spacial score (nSPS) is 19.0. The third kappa shape index (κ3) is 4.54. The predicted molar refractivity (Wildman–Crippen MR) is 91.5 cm³/mol. The largest absolute Gasteiger partial charge is 0.366 e. The molecule has 0 aliphatic heterocycles. The molecule has 1 aliphatic rings. The number of nitrogens with two attached hydrogens (primary N) is 1. The summed E-state index contributed by atoms with van der Waals surface area (Å²) in [5, 5.41) is 3.05. The van der Waals surface area contributed by atoms with E-state index in [1.807, 2.05) is 6.07 Å². The van der Waals surface area contributed by atoms with Crippen molar-refractivity contribution < 1.29 is 0 Å². The molecule has 0 amide bonds. The van der Waals surface area contributed by atoms with Crippen molar-refractivity contribution in [3.63, 3.8) is 0 Å². The molecule has 0 spiro atoms. The van der Waals surface area contributed by atoms with Crippen LogP contribution in [-0.2, 0) is 6.54 Å². The Kier molecular flexibility index (Phi) is 6.74. The average Bonchev–Trinajstić information content (AvgIpc) is 2.43. The van der Waals surface area contributed by atoms with Gasteiger partial charge in [0.2, 0.25) is 0 Å². The standard InChI is InChI=1S/C13H16N6O2.2ClH/c14-9-1-7(2-9)10-3-11(18-6-17-10)15-4-8-5-16-13(21)19-12(8)20;;/h3,5-7,9H,1-2,4,14H2,(H,15,17,18)(H2,16,19,20,21);2*1H. The van der Waals surface area contributed by atoms with E-state index < -0.39 is 11.2 Å². The molecule has 5 N–H and O–H groups in total. The van der Waals surface area contributed by atoms with Crippen LogP contribution in [0.15, 0.2) is 28.2 Å². The van der Waals surface area contributed by atoms with Crippen LogP contribution in [0.1, 0.15) is 30.0 Å². The van der Waals surface area contributed by atoms with Crippen molar-refractivity contribution in [3.05, 3.63) is 50.7 Å². The van der Waals surface area contributed by atoms with Crippen LogP contribution < -0.4 is 22.3 Å². The first-order chi connectivity index (χ1) is 10.1. The van der Waals surface area contributed by atoms with Gasteiger partial charge in [-0.3, -0.25) is 9.78 Å². The second-order valence-electron chi connectivity index (χ2n) is 5.21. The second kappa shape index (κ2) is 8.09. The van der Waals surface area contributed by atoms with Gasteiger partial charge in [0, 0.05) is 36.5 Å². The Bertz CT molecular complexity index is 756. The Hall–Kier alpha value is -1.90. The van der Waals surface area contributed by atoms with Crippen molar-refractivity contribution in [2.24, 2.45) is 5.73 Å². The number of rotatable bonds is 4. The lowest BCUT2D eigenvalue weighted by molar-refractivity contribution is 0.345. The van der Waals surface area contributed by atoms with E-state index in [2.05, 4.69) is 25.3 Å². The number of aromatic amines is 2. The van der Waals surface area contributed by atoms with Gasteiger partial charge in [-0.15, -0.1) is 24.8 Å². The van der Waals surface area contributed by atoms with E-state index in [4.69, 9.17) is 5.73 Å². The van der Waals surface area contributed by atoms with Crippen LogP contribution in [0.25, 0.3) is 0 Å². The highest BCUT2D eigenvalue weighted by molar-refractivity contribution is 5.85. The summed E-state index contributed by atoms with van der Waals surface area (Å²) in [6.07, 6.45) is 4.77. The number of nitrogens with zero attached hydrogens (tertiary/aromatic N) is 2. The Morgan fingerprint density at radius 2 is 2.00 bits per heavy atom. The molecule has 0 saturated heterocycles. The molecule has 2 aromatic heterocycles. The smallest absolute Gasteiger partial charge is 0.325 e. The van der Waals surface area contributed by atoms with Gasteiger partial charge in [0.05, 0.1) is 5.56 Å². The summed E-state index contributed by atoms with van der Waals surface area (Å²) in [6, 6.07) is 2.14. The highest BCUT2D eigenvalue weighted by atomic mass is 35.5. The molecule has 1 fully saturated rings. The number of hydrogen-bond donors (Lipinski definition) is 4. The lowest BCUT2D eigenvalue weighted by atomic mass is 9.79. The Labute approximate surface area is 144 Å². The Morgan fingerprint density at radius 3 is 2.65 bits per heavy atom. The summed E-state index contributed by atoms with van der Waals surface area (Å²) in [6.45, 7) is 0.271. The van der Waals surface area contributed by atoms with Crippen molar-refractivity contribution >= 4 is 30.6 Å². The van der Waals surface area contributed by atoms with Gasteiger partial charge in [0.15, 0.2) is 0 Å². The first-order valence-corrected chi connectivity index (χ1v) is 6.74. The van der Waals surface area contributed by atoms with Gasteiger partial charge in [-0.25, -0.2) is 14.8 Å². The van der Waals surface area contributed by atoms with E-state index in [1.54, 1.807) is 0 Å². The molecule has 0 atom stereocenters. The average molecular weight is 361 g/mol. The molecular weight excluding hydrogens is 343 g/mol. The predicted octanol–water partition coefficient (Wildman–Crippen LogP) is 0.514. The molecular formula is C13H18Cl2N6O2. The Morgan fingerprint density at radius 1 is 1.26 bits per heavy atom.